The third-order valence-electron chi connectivity index (χ3n) is 4.30. The van der Waals surface area contributed by atoms with Gasteiger partial charge in [-0.15, -0.1) is 5.10 Å². The van der Waals surface area contributed by atoms with Gasteiger partial charge >= 0.3 is 6.09 Å². The Labute approximate surface area is 156 Å². The summed E-state index contributed by atoms with van der Waals surface area (Å²) in [6.45, 7) is 4.87. The number of rotatable bonds is 4. The van der Waals surface area contributed by atoms with Gasteiger partial charge in [-0.05, 0) is 19.1 Å². The highest BCUT2D eigenvalue weighted by Gasteiger charge is 2.23. The van der Waals surface area contributed by atoms with Crippen molar-refractivity contribution in [3.8, 4) is 11.5 Å². The second-order valence-corrected chi connectivity index (χ2v) is 6.00. The first kappa shape index (κ1) is 17.1. The van der Waals surface area contributed by atoms with E-state index in [4.69, 9.17) is 14.2 Å². The Morgan fingerprint density at radius 1 is 1.22 bits per heavy atom. The molecule has 2 aliphatic heterocycles. The second-order valence-electron chi connectivity index (χ2n) is 6.00. The van der Waals surface area contributed by atoms with Gasteiger partial charge in [0.2, 0.25) is 12.7 Å². The first-order valence-corrected chi connectivity index (χ1v) is 8.76. The highest BCUT2D eigenvalue weighted by Crippen LogP contribution is 2.34. The van der Waals surface area contributed by atoms with Crippen molar-refractivity contribution in [3.63, 3.8) is 0 Å². The van der Waals surface area contributed by atoms with Gasteiger partial charge in [-0.25, -0.2) is 4.79 Å². The molecular formula is C17H20N6O4. The molecule has 1 N–H and O–H groups in total. The average molecular weight is 372 g/mol. The molecule has 0 bridgehead atoms. The molecule has 0 saturated carbocycles. The SMILES string of the molecule is CCOC(=O)N1CCN(c2cnnc(Nc3ccc4c(c3)OCO4)n2)CC1. The van der Waals surface area contributed by atoms with E-state index in [2.05, 4.69) is 25.4 Å². The lowest BCUT2D eigenvalue weighted by Gasteiger charge is -2.34. The van der Waals surface area contributed by atoms with Crippen LogP contribution in [0.1, 0.15) is 6.92 Å². The van der Waals surface area contributed by atoms with Gasteiger partial charge in [0.25, 0.3) is 0 Å². The summed E-state index contributed by atoms with van der Waals surface area (Å²) in [7, 11) is 0. The Balaban J connectivity index is 1.40. The summed E-state index contributed by atoms with van der Waals surface area (Å²) in [6.07, 6.45) is 1.34. The molecule has 27 heavy (non-hydrogen) atoms. The van der Waals surface area contributed by atoms with Gasteiger partial charge in [0.15, 0.2) is 17.3 Å². The molecule has 1 fully saturated rings. The van der Waals surface area contributed by atoms with E-state index in [0.29, 0.717) is 56.1 Å². The summed E-state index contributed by atoms with van der Waals surface area (Å²) in [5.74, 6) is 2.49. The van der Waals surface area contributed by atoms with E-state index in [0.717, 1.165) is 5.69 Å². The van der Waals surface area contributed by atoms with Crippen LogP contribution in [0.3, 0.4) is 0 Å². The normalized spacial score (nSPS) is 15.6. The summed E-state index contributed by atoms with van der Waals surface area (Å²) < 4.78 is 15.7. The van der Waals surface area contributed by atoms with E-state index in [1.165, 1.54) is 0 Å². The maximum Gasteiger partial charge on any atom is 0.409 e. The smallest absolute Gasteiger partial charge is 0.409 e. The van der Waals surface area contributed by atoms with Crippen LogP contribution in [0.4, 0.5) is 22.2 Å². The van der Waals surface area contributed by atoms with E-state index in [9.17, 15) is 4.79 Å². The van der Waals surface area contributed by atoms with Crippen molar-refractivity contribution in [1.29, 1.82) is 0 Å². The number of nitrogens with zero attached hydrogens (tertiary/aromatic N) is 5. The van der Waals surface area contributed by atoms with Gasteiger partial charge in [0, 0.05) is 37.9 Å². The van der Waals surface area contributed by atoms with Gasteiger partial charge in [0.05, 0.1) is 12.8 Å². The van der Waals surface area contributed by atoms with Crippen molar-refractivity contribution >= 4 is 23.5 Å². The highest BCUT2D eigenvalue weighted by molar-refractivity contribution is 5.68. The number of ether oxygens (including phenoxy) is 3. The molecule has 1 aromatic heterocycles. The Bertz CT molecular complexity index is 825. The number of benzene rings is 1. The van der Waals surface area contributed by atoms with Gasteiger partial charge in [-0.2, -0.15) is 10.1 Å². The zero-order chi connectivity index (χ0) is 18.6. The van der Waals surface area contributed by atoms with Crippen LogP contribution in [-0.4, -0.2) is 65.8 Å². The molecule has 0 spiro atoms. The lowest BCUT2D eigenvalue weighted by Crippen LogP contribution is -2.49. The second kappa shape index (κ2) is 7.52. The maximum absolute atomic E-state index is 11.8. The highest BCUT2D eigenvalue weighted by atomic mass is 16.7. The number of hydrogen-bond donors (Lipinski definition) is 1. The van der Waals surface area contributed by atoms with E-state index in [1.807, 2.05) is 18.2 Å². The van der Waals surface area contributed by atoms with E-state index >= 15 is 0 Å². The zero-order valence-electron chi connectivity index (χ0n) is 14.9. The van der Waals surface area contributed by atoms with Crippen molar-refractivity contribution < 1.29 is 19.0 Å². The topological polar surface area (TPSA) is 102 Å². The van der Waals surface area contributed by atoms with Gasteiger partial charge < -0.3 is 29.3 Å². The number of piperazine rings is 1. The number of carbonyl (C=O) groups is 1. The van der Waals surface area contributed by atoms with Gasteiger partial charge in [0.1, 0.15) is 0 Å². The molecule has 2 aromatic rings. The third-order valence-corrected chi connectivity index (χ3v) is 4.30. The summed E-state index contributed by atoms with van der Waals surface area (Å²) in [5, 5.41) is 11.2. The van der Waals surface area contributed by atoms with Crippen LogP contribution < -0.4 is 19.7 Å². The quantitative estimate of drug-likeness (QED) is 0.857. The first-order valence-electron chi connectivity index (χ1n) is 8.76. The molecule has 0 unspecified atom stereocenters. The summed E-state index contributed by atoms with van der Waals surface area (Å²) >= 11 is 0. The van der Waals surface area contributed by atoms with Crippen LogP contribution in [0.2, 0.25) is 0 Å². The van der Waals surface area contributed by atoms with Crippen molar-refractivity contribution in [3.05, 3.63) is 24.4 Å². The Kier molecular flexibility index (Phi) is 4.77. The van der Waals surface area contributed by atoms with Crippen LogP contribution in [0.5, 0.6) is 11.5 Å². The molecule has 1 saturated heterocycles. The summed E-state index contributed by atoms with van der Waals surface area (Å²) in [6, 6.07) is 5.52. The molecule has 142 valence electrons. The van der Waals surface area contributed by atoms with E-state index in [1.54, 1.807) is 18.0 Å². The molecule has 1 aromatic carbocycles. The fourth-order valence-electron chi connectivity index (χ4n) is 2.94. The lowest BCUT2D eigenvalue weighted by molar-refractivity contribution is 0.105. The van der Waals surface area contributed by atoms with Crippen LogP contribution in [0, 0.1) is 0 Å². The molecule has 0 aliphatic carbocycles. The Morgan fingerprint density at radius 3 is 2.85 bits per heavy atom. The summed E-state index contributed by atoms with van der Waals surface area (Å²) in [4.78, 5) is 20.1. The predicted molar refractivity (Wildman–Crippen MR) is 96.5 cm³/mol. The number of carbonyl (C=O) groups excluding carboxylic acids is 1. The van der Waals surface area contributed by atoms with Crippen molar-refractivity contribution in [2.24, 2.45) is 0 Å². The minimum atomic E-state index is -0.275. The van der Waals surface area contributed by atoms with Gasteiger partial charge in [-0.3, -0.25) is 0 Å². The molecule has 0 atom stereocenters. The Hall–Kier alpha value is -3.30. The largest absolute Gasteiger partial charge is 0.454 e. The van der Waals surface area contributed by atoms with Gasteiger partial charge in [-0.1, -0.05) is 0 Å². The molecule has 2 aliphatic rings. The molecule has 10 heteroatoms. The number of amides is 1. The van der Waals surface area contributed by atoms with Crippen molar-refractivity contribution in [2.75, 3.05) is 49.8 Å². The number of hydrogen-bond acceptors (Lipinski definition) is 9. The minimum Gasteiger partial charge on any atom is -0.454 e. The zero-order valence-corrected chi connectivity index (χ0v) is 14.9. The average Bonchev–Trinajstić information content (AvgIpc) is 3.16. The Morgan fingerprint density at radius 2 is 2.04 bits per heavy atom. The standard InChI is InChI=1S/C17H20N6O4/c1-2-25-17(24)23-7-5-22(6-8-23)15-10-18-21-16(20-15)19-12-3-4-13-14(9-12)27-11-26-13/h3-4,9-10H,2,5-8,11H2,1H3,(H,19,20,21). The van der Waals surface area contributed by atoms with Crippen LogP contribution in [0.25, 0.3) is 0 Å². The third kappa shape index (κ3) is 3.78. The van der Waals surface area contributed by atoms with Crippen LogP contribution in [-0.2, 0) is 4.74 Å². The summed E-state index contributed by atoms with van der Waals surface area (Å²) in [5.41, 5.74) is 0.783. The maximum atomic E-state index is 11.8. The molecule has 3 heterocycles. The fourth-order valence-corrected chi connectivity index (χ4v) is 2.94. The molecule has 10 nitrogen and oxygen atoms in total. The fraction of sp³-hybridized carbons (Fsp3) is 0.412. The molecular weight excluding hydrogens is 352 g/mol. The van der Waals surface area contributed by atoms with Crippen LogP contribution in [0.15, 0.2) is 24.4 Å². The van der Waals surface area contributed by atoms with E-state index < -0.39 is 0 Å². The predicted octanol–water partition coefficient (Wildman–Crippen LogP) is 1.62. The molecule has 0 radical (unpaired) electrons. The first-order chi connectivity index (χ1) is 13.2. The minimum absolute atomic E-state index is 0.226. The number of nitrogens with one attached hydrogen (secondary N) is 1. The number of aromatic nitrogens is 3. The van der Waals surface area contributed by atoms with E-state index in [-0.39, 0.29) is 12.9 Å². The number of fused-ring (bicyclic) bond motifs is 1. The van der Waals surface area contributed by atoms with Crippen molar-refractivity contribution in [2.45, 2.75) is 6.92 Å². The molecule has 1 amide bonds. The monoisotopic (exact) mass is 372 g/mol. The number of anilines is 3. The lowest BCUT2D eigenvalue weighted by atomic mass is 10.3. The van der Waals surface area contributed by atoms with Crippen molar-refractivity contribution in [1.82, 2.24) is 20.1 Å². The van der Waals surface area contributed by atoms with Crippen LogP contribution >= 0.6 is 0 Å². The molecule has 4 rings (SSSR count).